The molecule has 8 heteroatoms. The molecule has 0 aliphatic carbocycles. The number of fused-ring (bicyclic) bond motifs is 3. The summed E-state index contributed by atoms with van der Waals surface area (Å²) in [4.78, 5) is 35.6. The third-order valence-corrected chi connectivity index (χ3v) is 6.09. The Labute approximate surface area is 215 Å². The number of para-hydroxylation sites is 1. The number of anilines is 2. The average molecular weight is 503 g/mol. The van der Waals surface area contributed by atoms with E-state index in [1.165, 1.54) is 7.11 Å². The predicted octanol–water partition coefficient (Wildman–Crippen LogP) is 5.26. The number of H-pyrrole nitrogens is 1. The molecule has 0 radical (unpaired) electrons. The van der Waals surface area contributed by atoms with Crippen LogP contribution in [0.5, 0.6) is 0 Å². The maximum absolute atomic E-state index is 14.0. The van der Waals surface area contributed by atoms with Gasteiger partial charge in [-0.1, -0.05) is 48.5 Å². The molecule has 4 aromatic rings. The first kappa shape index (κ1) is 25.2. The van der Waals surface area contributed by atoms with Gasteiger partial charge in [-0.3, -0.25) is 9.59 Å². The molecular weight excluding hydrogens is 476 g/mol. The predicted molar refractivity (Wildman–Crippen MR) is 144 cm³/mol. The smallest absolute Gasteiger partial charge is 0.258 e. The number of carbonyl (C=O) groups is 2. The van der Waals surface area contributed by atoms with Gasteiger partial charge in [0.05, 0.1) is 17.1 Å². The van der Waals surface area contributed by atoms with Crippen molar-refractivity contribution in [3.05, 3.63) is 89.9 Å². The van der Waals surface area contributed by atoms with Gasteiger partial charge in [0.2, 0.25) is 5.91 Å². The molecule has 0 saturated carbocycles. The lowest BCUT2D eigenvalue weighted by atomic mass is 9.98. The SMILES string of the molecule is COCC(=O)Nc1ccc(-c2ccccc2C(=O)N2CCc3nc(C)[nH]c3-c3ccccc32)cc1.Cl. The zero-order valence-electron chi connectivity index (χ0n) is 20.1. The molecular formula is C28H27ClN4O3. The van der Waals surface area contributed by atoms with E-state index in [2.05, 4.69) is 15.3 Å². The van der Waals surface area contributed by atoms with E-state index >= 15 is 0 Å². The number of ether oxygens (including phenoxy) is 1. The van der Waals surface area contributed by atoms with Gasteiger partial charge in [0.25, 0.3) is 5.91 Å². The first-order chi connectivity index (χ1) is 17.0. The number of carbonyl (C=O) groups excluding carboxylic acids is 2. The van der Waals surface area contributed by atoms with Gasteiger partial charge >= 0.3 is 0 Å². The highest BCUT2D eigenvalue weighted by Gasteiger charge is 2.28. The summed E-state index contributed by atoms with van der Waals surface area (Å²) in [5.74, 6) is 0.592. The van der Waals surface area contributed by atoms with Crippen molar-refractivity contribution in [2.45, 2.75) is 13.3 Å². The minimum Gasteiger partial charge on any atom is -0.375 e. The number of aryl methyl sites for hydroxylation is 1. The van der Waals surface area contributed by atoms with E-state index in [4.69, 9.17) is 4.74 Å². The molecule has 2 N–H and O–H groups in total. The lowest BCUT2D eigenvalue weighted by Gasteiger charge is -2.24. The largest absolute Gasteiger partial charge is 0.375 e. The topological polar surface area (TPSA) is 87.3 Å². The molecule has 0 bridgehead atoms. The van der Waals surface area contributed by atoms with Crippen LogP contribution < -0.4 is 10.2 Å². The summed E-state index contributed by atoms with van der Waals surface area (Å²) in [6.45, 7) is 2.48. The summed E-state index contributed by atoms with van der Waals surface area (Å²) >= 11 is 0. The van der Waals surface area contributed by atoms with E-state index < -0.39 is 0 Å². The van der Waals surface area contributed by atoms with Gasteiger partial charge in [-0.15, -0.1) is 12.4 Å². The van der Waals surface area contributed by atoms with Crippen molar-refractivity contribution in [1.82, 2.24) is 9.97 Å². The van der Waals surface area contributed by atoms with Crippen LogP contribution in [0.15, 0.2) is 72.8 Å². The first-order valence-electron chi connectivity index (χ1n) is 11.5. The van der Waals surface area contributed by atoms with Crippen LogP contribution in [0.1, 0.15) is 21.9 Å². The molecule has 2 heterocycles. The number of halogens is 1. The molecule has 1 aliphatic rings. The fourth-order valence-electron chi connectivity index (χ4n) is 4.54. The number of nitrogens with zero attached hydrogens (tertiary/aromatic N) is 2. The maximum atomic E-state index is 14.0. The zero-order chi connectivity index (χ0) is 24.4. The van der Waals surface area contributed by atoms with Crippen LogP contribution in [0.4, 0.5) is 11.4 Å². The third kappa shape index (κ3) is 4.89. The quantitative estimate of drug-likeness (QED) is 0.389. The number of benzene rings is 3. The van der Waals surface area contributed by atoms with E-state index in [9.17, 15) is 9.59 Å². The normalized spacial score (nSPS) is 12.1. The van der Waals surface area contributed by atoms with Gasteiger partial charge in [0.1, 0.15) is 12.4 Å². The molecule has 0 fully saturated rings. The van der Waals surface area contributed by atoms with Crippen LogP contribution in [-0.2, 0) is 16.0 Å². The summed E-state index contributed by atoms with van der Waals surface area (Å²) < 4.78 is 4.86. The summed E-state index contributed by atoms with van der Waals surface area (Å²) in [5.41, 5.74) is 6.81. The molecule has 0 spiro atoms. The summed E-state index contributed by atoms with van der Waals surface area (Å²) in [6.07, 6.45) is 0.665. The van der Waals surface area contributed by atoms with E-state index in [-0.39, 0.29) is 30.8 Å². The second-order valence-electron chi connectivity index (χ2n) is 8.47. The minimum absolute atomic E-state index is 0. The second-order valence-corrected chi connectivity index (χ2v) is 8.47. The van der Waals surface area contributed by atoms with E-state index in [0.717, 1.165) is 39.6 Å². The highest BCUT2D eigenvalue weighted by atomic mass is 35.5. The monoisotopic (exact) mass is 502 g/mol. The van der Waals surface area contributed by atoms with Crippen LogP contribution in [0.3, 0.4) is 0 Å². The Morgan fingerprint density at radius 1 is 1.00 bits per heavy atom. The Morgan fingerprint density at radius 3 is 2.44 bits per heavy atom. The van der Waals surface area contributed by atoms with Gasteiger partial charge in [-0.2, -0.15) is 0 Å². The molecule has 3 aromatic carbocycles. The molecule has 7 nitrogen and oxygen atoms in total. The van der Waals surface area contributed by atoms with Gasteiger partial charge in [-0.05, 0) is 42.3 Å². The number of nitrogens with one attached hydrogen (secondary N) is 2. The Morgan fingerprint density at radius 2 is 1.69 bits per heavy atom. The lowest BCUT2D eigenvalue weighted by molar-refractivity contribution is -0.119. The van der Waals surface area contributed by atoms with Crippen molar-refractivity contribution in [3.63, 3.8) is 0 Å². The standard InChI is InChI=1S/C28H26N4O3.ClH/c1-18-29-24-15-16-32(25-10-6-5-9-23(25)27(24)30-18)28(34)22-8-4-3-7-21(22)19-11-13-20(14-12-19)31-26(33)17-35-2;/h3-14H,15-17H2,1-2H3,(H,29,30)(H,31,33);1H. The highest BCUT2D eigenvalue weighted by Crippen LogP contribution is 2.36. The number of methoxy groups -OCH3 is 1. The first-order valence-corrected chi connectivity index (χ1v) is 11.5. The van der Waals surface area contributed by atoms with E-state index in [1.54, 1.807) is 0 Å². The van der Waals surface area contributed by atoms with Gasteiger partial charge in [0, 0.05) is 36.9 Å². The Balaban J connectivity index is 0.00000304. The van der Waals surface area contributed by atoms with Crippen molar-refractivity contribution in [1.29, 1.82) is 0 Å². The fourth-order valence-corrected chi connectivity index (χ4v) is 4.54. The van der Waals surface area contributed by atoms with Gasteiger partial charge in [0.15, 0.2) is 0 Å². The summed E-state index contributed by atoms with van der Waals surface area (Å²) in [5, 5.41) is 2.79. The van der Waals surface area contributed by atoms with Gasteiger partial charge < -0.3 is 19.9 Å². The number of hydrogen-bond acceptors (Lipinski definition) is 4. The third-order valence-electron chi connectivity index (χ3n) is 6.09. The Bertz CT molecular complexity index is 1400. The number of aromatic nitrogens is 2. The molecule has 1 aliphatic heterocycles. The fraction of sp³-hybridized carbons (Fsp3) is 0.179. The van der Waals surface area contributed by atoms with Crippen molar-refractivity contribution in [3.8, 4) is 22.4 Å². The number of aromatic amines is 1. The minimum atomic E-state index is -0.217. The van der Waals surface area contributed by atoms with Gasteiger partial charge in [-0.25, -0.2) is 4.98 Å². The zero-order valence-corrected chi connectivity index (χ0v) is 20.9. The average Bonchev–Trinajstić information content (AvgIpc) is 3.18. The molecule has 184 valence electrons. The molecule has 5 rings (SSSR count). The number of hydrogen-bond donors (Lipinski definition) is 2. The second kappa shape index (κ2) is 10.8. The summed E-state index contributed by atoms with van der Waals surface area (Å²) in [7, 11) is 1.48. The molecule has 36 heavy (non-hydrogen) atoms. The van der Waals surface area contributed by atoms with Crippen molar-refractivity contribution in [2.75, 3.05) is 30.5 Å². The van der Waals surface area contributed by atoms with Crippen LogP contribution >= 0.6 is 12.4 Å². The van der Waals surface area contributed by atoms with Crippen LogP contribution in [0, 0.1) is 6.92 Å². The van der Waals surface area contributed by atoms with Crippen LogP contribution in [0.25, 0.3) is 22.4 Å². The number of amides is 2. The Kier molecular flexibility index (Phi) is 7.52. The highest BCUT2D eigenvalue weighted by molar-refractivity contribution is 6.12. The van der Waals surface area contributed by atoms with Crippen molar-refractivity contribution in [2.24, 2.45) is 0 Å². The molecule has 0 saturated heterocycles. The summed E-state index contributed by atoms with van der Waals surface area (Å²) in [6, 6.07) is 23.0. The maximum Gasteiger partial charge on any atom is 0.258 e. The molecule has 0 unspecified atom stereocenters. The lowest BCUT2D eigenvalue weighted by Crippen LogP contribution is -2.33. The van der Waals surface area contributed by atoms with Crippen molar-refractivity contribution >= 4 is 35.6 Å². The number of rotatable bonds is 5. The van der Waals surface area contributed by atoms with Crippen LogP contribution in [0.2, 0.25) is 0 Å². The molecule has 1 aromatic heterocycles. The van der Waals surface area contributed by atoms with Crippen molar-refractivity contribution < 1.29 is 14.3 Å². The van der Waals surface area contributed by atoms with Crippen LogP contribution in [-0.4, -0.2) is 42.0 Å². The van der Waals surface area contributed by atoms with E-state index in [1.807, 2.05) is 84.6 Å². The molecule has 2 amide bonds. The molecule has 0 atom stereocenters. The number of imidazole rings is 1. The van der Waals surface area contributed by atoms with E-state index in [0.29, 0.717) is 24.2 Å². The Hall–Kier alpha value is -3.94.